The molecule has 0 bridgehead atoms. The molecule has 0 N–H and O–H groups in total. The highest BCUT2D eigenvalue weighted by atomic mass is 14.9. The van der Waals surface area contributed by atoms with E-state index >= 15 is 0 Å². The number of rotatable bonds is 38. The van der Waals surface area contributed by atoms with Crippen LogP contribution < -0.4 is 4.57 Å². The van der Waals surface area contributed by atoms with Crippen molar-refractivity contribution in [2.45, 2.75) is 265 Å². The third-order valence-electron chi connectivity index (χ3n) is 10.7. The van der Waals surface area contributed by atoms with Crippen LogP contribution in [0.15, 0.2) is 18.5 Å². The van der Waals surface area contributed by atoms with Crippen molar-refractivity contribution in [1.29, 1.82) is 0 Å². The van der Waals surface area contributed by atoms with Crippen LogP contribution in [0.5, 0.6) is 0 Å². The van der Waals surface area contributed by atoms with Crippen LogP contribution in [0.4, 0.5) is 0 Å². The molecule has 0 radical (unpaired) electrons. The van der Waals surface area contributed by atoms with Crippen molar-refractivity contribution in [2.24, 2.45) is 0 Å². The van der Waals surface area contributed by atoms with Gasteiger partial charge in [0, 0.05) is 17.5 Å². The predicted molar refractivity (Wildman–Crippen MR) is 213 cm³/mol. The van der Waals surface area contributed by atoms with E-state index in [9.17, 15) is 0 Å². The first-order valence-corrected chi connectivity index (χ1v) is 22.3. The number of aryl methyl sites for hydroxylation is 3. The molecule has 0 amide bonds. The molecule has 0 saturated carbocycles. The standard InChI is InChI=1S/C46H88N/c1-4-7-10-13-16-19-21-23-25-27-30-33-36-39-45-42-46(40-37-34-31-28-26-24-22-20-17-14-11-8-5-2)44-47(43-45)41-38-35-32-29-18-15-12-9-6-3/h42-44H,4-41H2,1-3H3/q+1. The summed E-state index contributed by atoms with van der Waals surface area (Å²) in [6, 6.07) is 2.58. The maximum absolute atomic E-state index is 2.58. The Balaban J connectivity index is 2.30. The highest BCUT2D eigenvalue weighted by molar-refractivity contribution is 5.15. The summed E-state index contributed by atoms with van der Waals surface area (Å²) in [6.45, 7) is 8.16. The van der Waals surface area contributed by atoms with Gasteiger partial charge in [0.2, 0.25) is 0 Å². The normalized spacial score (nSPS) is 11.6. The van der Waals surface area contributed by atoms with E-state index in [-0.39, 0.29) is 0 Å². The van der Waals surface area contributed by atoms with Crippen LogP contribution in [0.1, 0.15) is 257 Å². The van der Waals surface area contributed by atoms with Crippen molar-refractivity contribution in [1.82, 2.24) is 0 Å². The lowest BCUT2D eigenvalue weighted by Crippen LogP contribution is -2.34. The van der Waals surface area contributed by atoms with Gasteiger partial charge in [0.25, 0.3) is 0 Å². The van der Waals surface area contributed by atoms with E-state index in [0.29, 0.717) is 0 Å². The Hall–Kier alpha value is -0.850. The summed E-state index contributed by atoms with van der Waals surface area (Å²) < 4.78 is 2.58. The van der Waals surface area contributed by atoms with Crippen LogP contribution in [0.2, 0.25) is 0 Å². The van der Waals surface area contributed by atoms with Gasteiger partial charge >= 0.3 is 0 Å². The second kappa shape index (κ2) is 36.4. The van der Waals surface area contributed by atoms with E-state index in [1.54, 1.807) is 11.1 Å². The molecule has 0 aliphatic carbocycles. The SMILES string of the molecule is CCCCCCCCCCCCCCCc1cc(CCCCCCCCCCCCCCC)c[n+](CCCCCCCCCCC)c1. The molecule has 0 unspecified atom stereocenters. The zero-order valence-corrected chi connectivity index (χ0v) is 33.0. The maximum Gasteiger partial charge on any atom is 0.171 e. The van der Waals surface area contributed by atoms with Crippen LogP contribution in [-0.2, 0) is 19.4 Å². The van der Waals surface area contributed by atoms with Gasteiger partial charge in [-0.3, -0.25) is 0 Å². The number of aromatic nitrogens is 1. The summed E-state index contributed by atoms with van der Waals surface area (Å²) in [7, 11) is 0. The second-order valence-corrected chi connectivity index (χ2v) is 15.6. The average Bonchev–Trinajstić information content (AvgIpc) is 3.08. The van der Waals surface area contributed by atoms with Gasteiger partial charge in [-0.15, -0.1) is 0 Å². The summed E-state index contributed by atoms with van der Waals surface area (Å²) in [5.74, 6) is 0. The Morgan fingerprint density at radius 3 is 0.809 bits per heavy atom. The minimum Gasteiger partial charge on any atom is -0.205 e. The Labute approximate surface area is 298 Å². The van der Waals surface area contributed by atoms with Crippen LogP contribution in [0, 0.1) is 0 Å². The topological polar surface area (TPSA) is 3.88 Å². The zero-order chi connectivity index (χ0) is 33.7. The molecule has 0 atom stereocenters. The van der Waals surface area contributed by atoms with Gasteiger partial charge in [0.1, 0.15) is 6.54 Å². The Morgan fingerprint density at radius 1 is 0.298 bits per heavy atom. The summed E-state index contributed by atoms with van der Waals surface area (Å²) >= 11 is 0. The average molecular weight is 655 g/mol. The minimum absolute atomic E-state index is 1.22. The van der Waals surface area contributed by atoms with Crippen molar-refractivity contribution < 1.29 is 4.57 Å². The van der Waals surface area contributed by atoms with Gasteiger partial charge < -0.3 is 0 Å². The third kappa shape index (κ3) is 30.9. The van der Waals surface area contributed by atoms with Crippen molar-refractivity contribution in [3.8, 4) is 0 Å². The molecule has 0 aliphatic heterocycles. The van der Waals surface area contributed by atoms with Gasteiger partial charge in [-0.25, -0.2) is 4.57 Å². The van der Waals surface area contributed by atoms with Crippen LogP contribution in [0.3, 0.4) is 0 Å². The molecule has 276 valence electrons. The van der Waals surface area contributed by atoms with E-state index in [2.05, 4.69) is 43.8 Å². The fourth-order valence-electron chi connectivity index (χ4n) is 7.48. The van der Waals surface area contributed by atoms with Crippen LogP contribution in [0.25, 0.3) is 0 Å². The fourth-order valence-corrected chi connectivity index (χ4v) is 7.48. The second-order valence-electron chi connectivity index (χ2n) is 15.6. The van der Waals surface area contributed by atoms with E-state index in [4.69, 9.17) is 0 Å². The van der Waals surface area contributed by atoms with Crippen molar-refractivity contribution in [3.63, 3.8) is 0 Å². The summed E-state index contributed by atoms with van der Waals surface area (Å²) in [4.78, 5) is 0. The van der Waals surface area contributed by atoms with E-state index < -0.39 is 0 Å². The summed E-state index contributed by atoms with van der Waals surface area (Å²) in [5.41, 5.74) is 3.22. The molecule has 1 heterocycles. The van der Waals surface area contributed by atoms with E-state index in [1.165, 1.54) is 244 Å². The molecule has 0 aromatic carbocycles. The molecule has 47 heavy (non-hydrogen) atoms. The molecule has 1 heteroatoms. The first-order chi connectivity index (χ1) is 23.3. The predicted octanol–water partition coefficient (Wildman–Crippen LogP) is 15.8. The Kier molecular flexibility index (Phi) is 34.2. The molecular weight excluding hydrogens is 567 g/mol. The van der Waals surface area contributed by atoms with Crippen molar-refractivity contribution in [2.75, 3.05) is 0 Å². The smallest absolute Gasteiger partial charge is 0.171 e. The minimum atomic E-state index is 1.22. The number of hydrogen-bond donors (Lipinski definition) is 0. The lowest BCUT2D eigenvalue weighted by atomic mass is 10.0. The van der Waals surface area contributed by atoms with Crippen molar-refractivity contribution >= 4 is 0 Å². The molecule has 0 saturated heterocycles. The van der Waals surface area contributed by atoms with Crippen LogP contribution >= 0.6 is 0 Å². The van der Waals surface area contributed by atoms with E-state index in [0.717, 1.165) is 0 Å². The number of hydrogen-bond acceptors (Lipinski definition) is 0. The number of unbranched alkanes of at least 4 members (excludes halogenated alkanes) is 32. The van der Waals surface area contributed by atoms with Gasteiger partial charge in [-0.1, -0.05) is 220 Å². The highest BCUT2D eigenvalue weighted by Crippen LogP contribution is 2.17. The Bertz CT molecular complexity index is 690. The molecule has 1 nitrogen and oxygen atoms in total. The monoisotopic (exact) mass is 655 g/mol. The Morgan fingerprint density at radius 2 is 0.532 bits per heavy atom. The van der Waals surface area contributed by atoms with Gasteiger partial charge in [-0.05, 0) is 38.2 Å². The molecule has 0 aliphatic rings. The van der Waals surface area contributed by atoms with Gasteiger partial charge in [-0.2, -0.15) is 0 Å². The van der Waals surface area contributed by atoms with Gasteiger partial charge in [0.05, 0.1) is 0 Å². The molecule has 1 aromatic heterocycles. The third-order valence-corrected chi connectivity index (χ3v) is 10.7. The lowest BCUT2D eigenvalue weighted by Gasteiger charge is -2.07. The van der Waals surface area contributed by atoms with E-state index in [1.807, 2.05) is 0 Å². The number of nitrogens with zero attached hydrogens (tertiary/aromatic N) is 1. The van der Waals surface area contributed by atoms with Gasteiger partial charge in [0.15, 0.2) is 12.4 Å². The fraction of sp³-hybridized carbons (Fsp3) is 0.891. The quantitative estimate of drug-likeness (QED) is 0.0493. The summed E-state index contributed by atoms with van der Waals surface area (Å²) in [6.07, 6.45) is 57.8. The van der Waals surface area contributed by atoms with Crippen LogP contribution in [-0.4, -0.2) is 0 Å². The summed E-state index contributed by atoms with van der Waals surface area (Å²) in [5, 5.41) is 0. The van der Waals surface area contributed by atoms with Crippen molar-refractivity contribution in [3.05, 3.63) is 29.6 Å². The molecule has 0 fully saturated rings. The molecule has 1 rings (SSSR count). The lowest BCUT2D eigenvalue weighted by molar-refractivity contribution is -0.698. The first-order valence-electron chi connectivity index (χ1n) is 22.3. The largest absolute Gasteiger partial charge is 0.205 e. The number of pyridine rings is 1. The first kappa shape index (κ1) is 44.2. The molecule has 1 aromatic rings. The maximum atomic E-state index is 2.58. The highest BCUT2D eigenvalue weighted by Gasteiger charge is 2.09. The molecular formula is C46H88N+. The molecule has 0 spiro atoms. The zero-order valence-electron chi connectivity index (χ0n) is 33.0.